The molecule has 0 spiro atoms. The molecule has 31 heavy (non-hydrogen) atoms. The van der Waals surface area contributed by atoms with Gasteiger partial charge in [0.25, 0.3) is 0 Å². The van der Waals surface area contributed by atoms with Crippen LogP contribution in [-0.2, 0) is 24.1 Å². The van der Waals surface area contributed by atoms with E-state index in [9.17, 15) is 8.60 Å². The lowest BCUT2D eigenvalue weighted by Crippen LogP contribution is -2.29. The molecule has 4 rings (SSSR count). The quantitative estimate of drug-likeness (QED) is 0.464. The Morgan fingerprint density at radius 1 is 0.968 bits per heavy atom. The number of likely N-dealkylation sites (tertiary alicyclic amines) is 1. The minimum Gasteiger partial charge on any atom is -0.299 e. The second kappa shape index (κ2) is 10.4. The van der Waals surface area contributed by atoms with E-state index in [0.29, 0.717) is 16.5 Å². The fraction of sp³-hybridized carbons (Fsp3) is 0.292. The van der Waals surface area contributed by atoms with E-state index in [-0.39, 0.29) is 5.82 Å². The smallest absolute Gasteiger partial charge is 0.153 e. The Hall–Kier alpha value is -2.28. The first-order chi connectivity index (χ1) is 15.1. The number of benzene rings is 2. The molecule has 0 saturated carbocycles. The average Bonchev–Trinajstić information content (AvgIpc) is 2.80. The number of aromatic nitrogens is 1. The molecule has 0 amide bonds. The van der Waals surface area contributed by atoms with E-state index in [1.807, 2.05) is 30.5 Å². The van der Waals surface area contributed by atoms with Gasteiger partial charge in [-0.2, -0.15) is 0 Å². The molecular formula is C24H25ClFN3OS. The van der Waals surface area contributed by atoms with Crippen LogP contribution >= 0.6 is 11.6 Å². The maximum atomic E-state index is 13.5. The summed E-state index contributed by atoms with van der Waals surface area (Å²) in [4.78, 5) is 7.41. The van der Waals surface area contributed by atoms with Crippen molar-refractivity contribution in [1.29, 1.82) is 0 Å². The molecule has 0 N–H and O–H groups in total. The van der Waals surface area contributed by atoms with Gasteiger partial charge in [0.05, 0.1) is 23.3 Å². The molecule has 0 bridgehead atoms. The summed E-state index contributed by atoms with van der Waals surface area (Å²) in [6.45, 7) is 3.44. The number of piperidine rings is 1. The SMILES string of the molecule is O=S(c1ccc(F)cc1)N(Cc1ccc(Cl)cc1)c1cncc(CN2CCCCC2)c1. The Bertz CT molecular complexity index is 1020. The molecule has 2 aromatic carbocycles. The highest BCUT2D eigenvalue weighted by molar-refractivity contribution is 7.86. The fourth-order valence-electron chi connectivity index (χ4n) is 3.75. The number of anilines is 1. The lowest BCUT2D eigenvalue weighted by atomic mass is 10.1. The van der Waals surface area contributed by atoms with Crippen LogP contribution in [0.25, 0.3) is 0 Å². The number of halogens is 2. The van der Waals surface area contributed by atoms with E-state index in [0.717, 1.165) is 36.4 Å². The zero-order valence-electron chi connectivity index (χ0n) is 17.2. The molecular weight excluding hydrogens is 433 g/mol. The lowest BCUT2D eigenvalue weighted by molar-refractivity contribution is 0.220. The van der Waals surface area contributed by atoms with Crippen LogP contribution in [0.3, 0.4) is 0 Å². The van der Waals surface area contributed by atoms with Gasteiger partial charge in [-0.05, 0) is 79.5 Å². The van der Waals surface area contributed by atoms with Crippen LogP contribution < -0.4 is 4.31 Å². The molecule has 1 aliphatic rings. The molecule has 1 saturated heterocycles. The van der Waals surface area contributed by atoms with E-state index in [4.69, 9.17) is 11.6 Å². The molecule has 0 radical (unpaired) electrons. The monoisotopic (exact) mass is 457 g/mol. The minimum atomic E-state index is -1.52. The van der Waals surface area contributed by atoms with Crippen LogP contribution in [0.1, 0.15) is 30.4 Å². The lowest BCUT2D eigenvalue weighted by Gasteiger charge is -2.27. The molecule has 1 atom stereocenters. The summed E-state index contributed by atoms with van der Waals surface area (Å²) in [5, 5.41) is 0.653. The van der Waals surface area contributed by atoms with Gasteiger partial charge >= 0.3 is 0 Å². The maximum absolute atomic E-state index is 13.5. The van der Waals surface area contributed by atoms with Gasteiger partial charge in [0.1, 0.15) is 5.82 Å². The van der Waals surface area contributed by atoms with Gasteiger partial charge in [-0.3, -0.25) is 14.2 Å². The number of hydrogen-bond donors (Lipinski definition) is 0. The summed E-state index contributed by atoms with van der Waals surface area (Å²) >= 11 is 6.03. The Kier molecular flexibility index (Phi) is 7.33. The van der Waals surface area contributed by atoms with Crippen molar-refractivity contribution in [3.63, 3.8) is 0 Å². The van der Waals surface area contributed by atoms with Crippen molar-refractivity contribution >= 4 is 28.3 Å². The van der Waals surface area contributed by atoms with Crippen molar-refractivity contribution in [1.82, 2.24) is 9.88 Å². The summed E-state index contributed by atoms with van der Waals surface area (Å²) < 4.78 is 28.7. The second-order valence-corrected chi connectivity index (χ2v) is 9.60. The number of hydrogen-bond acceptors (Lipinski definition) is 3. The van der Waals surface area contributed by atoms with Crippen LogP contribution in [0.15, 0.2) is 71.9 Å². The van der Waals surface area contributed by atoms with Gasteiger partial charge in [-0.25, -0.2) is 8.60 Å². The topological polar surface area (TPSA) is 36.4 Å². The van der Waals surface area contributed by atoms with Gasteiger partial charge in [0, 0.05) is 17.8 Å². The van der Waals surface area contributed by atoms with Gasteiger partial charge in [0.2, 0.25) is 0 Å². The van der Waals surface area contributed by atoms with Crippen LogP contribution in [0, 0.1) is 5.82 Å². The standard InChI is InChI=1S/C24H25ClFN3OS/c25-21-6-4-19(5-7-21)18-29(31(30)24-10-8-22(26)9-11-24)23-14-20(15-27-16-23)17-28-12-2-1-3-13-28/h4-11,14-16H,1-3,12-13,17-18H2. The van der Waals surface area contributed by atoms with E-state index < -0.39 is 11.0 Å². The average molecular weight is 458 g/mol. The third kappa shape index (κ3) is 5.91. The summed E-state index contributed by atoms with van der Waals surface area (Å²) in [5.74, 6) is -0.352. The molecule has 1 aliphatic heterocycles. The third-order valence-corrected chi connectivity index (χ3v) is 7.05. The Balaban J connectivity index is 1.62. The zero-order valence-corrected chi connectivity index (χ0v) is 18.8. The van der Waals surface area contributed by atoms with Crippen molar-refractivity contribution < 1.29 is 8.60 Å². The predicted molar refractivity (Wildman–Crippen MR) is 124 cm³/mol. The van der Waals surface area contributed by atoms with Gasteiger partial charge in [-0.1, -0.05) is 30.2 Å². The Labute approximate surface area is 190 Å². The second-order valence-electron chi connectivity index (χ2n) is 7.75. The number of pyridine rings is 1. The zero-order chi connectivity index (χ0) is 21.6. The highest BCUT2D eigenvalue weighted by Crippen LogP contribution is 2.25. The molecule has 1 aromatic heterocycles. The summed E-state index contributed by atoms with van der Waals surface area (Å²) in [6.07, 6.45) is 7.35. The van der Waals surface area contributed by atoms with Gasteiger partial charge < -0.3 is 0 Å². The summed E-state index contributed by atoms with van der Waals surface area (Å²) in [7, 11) is -1.52. The number of rotatable bonds is 7. The number of nitrogens with zero attached hydrogens (tertiary/aromatic N) is 3. The van der Waals surface area contributed by atoms with Gasteiger partial charge in [-0.15, -0.1) is 0 Å². The van der Waals surface area contributed by atoms with Crippen molar-refractivity contribution in [2.45, 2.75) is 37.2 Å². The molecule has 162 valence electrons. The first-order valence-corrected chi connectivity index (χ1v) is 11.9. The molecule has 3 aromatic rings. The van der Waals surface area contributed by atoms with Gasteiger partial charge in [0.15, 0.2) is 11.0 Å². The van der Waals surface area contributed by atoms with Crippen LogP contribution in [0.4, 0.5) is 10.1 Å². The predicted octanol–water partition coefficient (Wildman–Crippen LogP) is 5.59. The largest absolute Gasteiger partial charge is 0.299 e. The van der Waals surface area contributed by atoms with Crippen molar-refractivity contribution in [2.75, 3.05) is 17.4 Å². The van der Waals surface area contributed by atoms with Crippen LogP contribution in [0.5, 0.6) is 0 Å². The molecule has 7 heteroatoms. The van der Waals surface area contributed by atoms with E-state index in [1.54, 1.807) is 22.6 Å². The van der Waals surface area contributed by atoms with Crippen molar-refractivity contribution in [3.05, 3.63) is 89.0 Å². The fourth-order valence-corrected chi connectivity index (χ4v) is 5.06. The van der Waals surface area contributed by atoms with E-state index in [1.165, 1.54) is 31.4 Å². The van der Waals surface area contributed by atoms with Crippen LogP contribution in [-0.4, -0.2) is 27.2 Å². The molecule has 2 heterocycles. The van der Waals surface area contributed by atoms with Crippen LogP contribution in [0.2, 0.25) is 5.02 Å². The summed E-state index contributed by atoms with van der Waals surface area (Å²) in [5.41, 5.74) is 2.84. The first kappa shape index (κ1) is 21.9. The third-order valence-electron chi connectivity index (χ3n) is 5.38. The summed E-state index contributed by atoms with van der Waals surface area (Å²) in [6, 6.07) is 15.3. The molecule has 1 fully saturated rings. The van der Waals surface area contributed by atoms with Crippen molar-refractivity contribution in [2.24, 2.45) is 0 Å². The Morgan fingerprint density at radius 2 is 1.68 bits per heavy atom. The van der Waals surface area contributed by atoms with E-state index >= 15 is 0 Å². The first-order valence-electron chi connectivity index (χ1n) is 10.4. The van der Waals surface area contributed by atoms with E-state index in [2.05, 4.69) is 16.0 Å². The Morgan fingerprint density at radius 3 is 2.39 bits per heavy atom. The maximum Gasteiger partial charge on any atom is 0.153 e. The minimum absolute atomic E-state index is 0.352. The molecule has 0 aliphatic carbocycles. The normalized spacial score (nSPS) is 15.5. The highest BCUT2D eigenvalue weighted by Gasteiger charge is 2.19. The van der Waals surface area contributed by atoms with Crippen molar-refractivity contribution in [3.8, 4) is 0 Å². The molecule has 4 nitrogen and oxygen atoms in total. The highest BCUT2D eigenvalue weighted by atomic mass is 35.5. The molecule has 1 unspecified atom stereocenters.